The van der Waals surface area contributed by atoms with Gasteiger partial charge in [-0.05, 0) is 43.9 Å². The maximum atomic E-state index is 14.7. The van der Waals surface area contributed by atoms with E-state index in [1.807, 2.05) is 9.80 Å². The minimum Gasteiger partial charge on any atom is -0.354 e. The van der Waals surface area contributed by atoms with Crippen LogP contribution in [0.1, 0.15) is 50.0 Å². The van der Waals surface area contributed by atoms with E-state index in [0.29, 0.717) is 50.9 Å². The molecule has 158 valence electrons. The van der Waals surface area contributed by atoms with Crippen LogP contribution in [-0.4, -0.2) is 59.8 Å². The molecular formula is C20H25F3N4O2. The van der Waals surface area contributed by atoms with Gasteiger partial charge < -0.3 is 4.90 Å². The lowest BCUT2D eigenvalue weighted by molar-refractivity contribution is -0.134. The van der Waals surface area contributed by atoms with Gasteiger partial charge in [0.15, 0.2) is 11.6 Å². The molecule has 3 aliphatic heterocycles. The number of piperidine rings is 3. The Kier molecular flexibility index (Phi) is 5.50. The highest BCUT2D eigenvalue weighted by Gasteiger charge is 2.38. The molecule has 3 aliphatic rings. The molecule has 0 saturated carbocycles. The van der Waals surface area contributed by atoms with Crippen LogP contribution in [0, 0.1) is 5.82 Å². The number of aromatic nitrogens is 1. The molecule has 4 rings (SSSR count). The maximum absolute atomic E-state index is 14.7. The third-order valence-electron chi connectivity index (χ3n) is 6.19. The number of rotatable bonds is 3. The minimum atomic E-state index is -2.62. The van der Waals surface area contributed by atoms with Crippen LogP contribution in [0.4, 0.5) is 19.0 Å². The van der Waals surface area contributed by atoms with Gasteiger partial charge in [0.1, 0.15) is 0 Å². The predicted molar refractivity (Wildman–Crippen MR) is 100 cm³/mol. The van der Waals surface area contributed by atoms with Crippen molar-refractivity contribution in [2.24, 2.45) is 0 Å². The molecule has 3 fully saturated rings. The highest BCUT2D eigenvalue weighted by molar-refractivity contribution is 6.00. The number of carbonyl (C=O) groups is 2. The van der Waals surface area contributed by atoms with Gasteiger partial charge in [-0.3, -0.25) is 19.8 Å². The van der Waals surface area contributed by atoms with Gasteiger partial charge in [0, 0.05) is 38.2 Å². The van der Waals surface area contributed by atoms with E-state index in [1.165, 1.54) is 12.3 Å². The van der Waals surface area contributed by atoms with Crippen LogP contribution in [0.2, 0.25) is 0 Å². The summed E-state index contributed by atoms with van der Waals surface area (Å²) in [4.78, 5) is 31.2. The quantitative estimate of drug-likeness (QED) is 0.776. The van der Waals surface area contributed by atoms with E-state index in [9.17, 15) is 22.8 Å². The van der Waals surface area contributed by atoms with Crippen molar-refractivity contribution < 1.29 is 22.8 Å². The second kappa shape index (κ2) is 7.93. The van der Waals surface area contributed by atoms with E-state index >= 15 is 0 Å². The smallest absolute Gasteiger partial charge is 0.260 e. The average molecular weight is 410 g/mol. The zero-order valence-corrected chi connectivity index (χ0v) is 16.2. The van der Waals surface area contributed by atoms with E-state index in [0.717, 1.165) is 0 Å². The van der Waals surface area contributed by atoms with Gasteiger partial charge >= 0.3 is 0 Å². The number of amides is 2. The van der Waals surface area contributed by atoms with E-state index in [1.54, 1.807) is 0 Å². The molecule has 0 radical (unpaired) electrons. The summed E-state index contributed by atoms with van der Waals surface area (Å²) in [5.41, 5.74) is 0.460. The largest absolute Gasteiger partial charge is 0.354 e. The number of alkyl halides is 2. The molecule has 2 amide bonds. The lowest BCUT2D eigenvalue weighted by atomic mass is 9.91. The molecule has 1 aromatic heterocycles. The number of anilines is 1. The molecule has 6 nitrogen and oxygen atoms in total. The molecule has 0 bridgehead atoms. The number of pyridine rings is 1. The van der Waals surface area contributed by atoms with Crippen molar-refractivity contribution in [3.63, 3.8) is 0 Å². The predicted octanol–water partition coefficient (Wildman–Crippen LogP) is 2.44. The molecule has 1 N–H and O–H groups in total. The molecule has 29 heavy (non-hydrogen) atoms. The molecule has 0 aliphatic carbocycles. The van der Waals surface area contributed by atoms with Gasteiger partial charge in [0.2, 0.25) is 11.8 Å². The summed E-state index contributed by atoms with van der Waals surface area (Å²) in [6.45, 7) is 1.60. The zero-order valence-electron chi connectivity index (χ0n) is 16.2. The fraction of sp³-hybridized carbons (Fsp3) is 0.650. The summed E-state index contributed by atoms with van der Waals surface area (Å²) >= 11 is 0. The minimum absolute atomic E-state index is 0.0446. The summed E-state index contributed by atoms with van der Waals surface area (Å²) in [6.07, 6.45) is 3.90. The van der Waals surface area contributed by atoms with E-state index < -0.39 is 23.6 Å². The van der Waals surface area contributed by atoms with Crippen molar-refractivity contribution in [2.75, 3.05) is 31.1 Å². The van der Waals surface area contributed by atoms with E-state index in [4.69, 9.17) is 0 Å². The topological polar surface area (TPSA) is 65.5 Å². The van der Waals surface area contributed by atoms with Gasteiger partial charge in [0.05, 0.1) is 12.5 Å². The van der Waals surface area contributed by atoms with Gasteiger partial charge in [-0.2, -0.15) is 0 Å². The Balaban J connectivity index is 1.39. The Morgan fingerprint density at radius 1 is 1.14 bits per heavy atom. The fourth-order valence-corrected chi connectivity index (χ4v) is 4.63. The molecule has 0 spiro atoms. The fourth-order valence-electron chi connectivity index (χ4n) is 4.63. The summed E-state index contributed by atoms with van der Waals surface area (Å²) in [5.74, 6) is -4.21. The Bertz CT molecular complexity index is 796. The van der Waals surface area contributed by atoms with Crippen LogP contribution in [-0.2, 0) is 9.59 Å². The number of likely N-dealkylation sites (tertiary alicyclic amines) is 1. The number of hydrogen-bond acceptors (Lipinski definition) is 5. The van der Waals surface area contributed by atoms with Crippen LogP contribution in [0.5, 0.6) is 0 Å². The monoisotopic (exact) mass is 410 g/mol. The van der Waals surface area contributed by atoms with Crippen molar-refractivity contribution in [1.29, 1.82) is 0 Å². The number of hydrogen-bond donors (Lipinski definition) is 1. The lowest BCUT2D eigenvalue weighted by Gasteiger charge is -2.42. The van der Waals surface area contributed by atoms with Gasteiger partial charge in [-0.25, -0.2) is 18.2 Å². The average Bonchev–Trinajstić information content (AvgIpc) is 2.67. The summed E-state index contributed by atoms with van der Waals surface area (Å²) in [5, 5.41) is 2.27. The van der Waals surface area contributed by atoms with Crippen LogP contribution < -0.4 is 10.2 Å². The standard InChI is InChI=1S/C20H25F3N4O2/c21-16-10-13(15-2-3-17(28)25-19(15)29)11-24-18(16)26-8-4-14(5-9-26)27-7-1-6-20(22,23)12-27/h10-11,14-15H,1-9,12H2,(H,25,28,29). The third kappa shape index (κ3) is 4.39. The maximum Gasteiger partial charge on any atom is 0.260 e. The molecule has 3 saturated heterocycles. The Morgan fingerprint density at radius 3 is 2.55 bits per heavy atom. The first-order valence-corrected chi connectivity index (χ1v) is 10.2. The normalized spacial score (nSPS) is 26.4. The second-order valence-electron chi connectivity index (χ2n) is 8.23. The van der Waals surface area contributed by atoms with Crippen LogP contribution in [0.25, 0.3) is 0 Å². The number of halogens is 3. The number of nitrogens with zero attached hydrogens (tertiary/aromatic N) is 3. The first kappa shape index (κ1) is 20.1. The first-order valence-electron chi connectivity index (χ1n) is 10.2. The SMILES string of the molecule is O=C1CCC(c2cnc(N3CCC(N4CCCC(F)(F)C4)CC3)c(F)c2)C(=O)N1. The second-order valence-corrected chi connectivity index (χ2v) is 8.23. The Morgan fingerprint density at radius 2 is 1.90 bits per heavy atom. The van der Waals surface area contributed by atoms with Crippen LogP contribution in [0.15, 0.2) is 12.3 Å². The van der Waals surface area contributed by atoms with Crippen molar-refractivity contribution in [3.05, 3.63) is 23.6 Å². The Labute approximate surface area is 167 Å². The molecule has 4 heterocycles. The lowest BCUT2D eigenvalue weighted by Crippen LogP contribution is -2.51. The molecule has 1 aromatic rings. The summed E-state index contributed by atoms with van der Waals surface area (Å²) in [7, 11) is 0. The van der Waals surface area contributed by atoms with E-state index in [2.05, 4.69) is 10.3 Å². The first-order chi connectivity index (χ1) is 13.8. The molecule has 0 aromatic carbocycles. The highest BCUT2D eigenvalue weighted by Crippen LogP contribution is 2.32. The number of carbonyl (C=O) groups excluding carboxylic acids is 2. The van der Waals surface area contributed by atoms with Crippen molar-refractivity contribution in [2.45, 2.75) is 56.4 Å². The summed E-state index contributed by atoms with van der Waals surface area (Å²) in [6, 6.07) is 1.41. The van der Waals surface area contributed by atoms with Crippen molar-refractivity contribution >= 4 is 17.6 Å². The van der Waals surface area contributed by atoms with Crippen molar-refractivity contribution in [3.8, 4) is 0 Å². The Hall–Kier alpha value is -2.16. The number of imide groups is 1. The molecule has 9 heteroatoms. The van der Waals surface area contributed by atoms with E-state index in [-0.39, 0.29) is 37.2 Å². The van der Waals surface area contributed by atoms with Crippen LogP contribution in [0.3, 0.4) is 0 Å². The molecule has 1 atom stereocenters. The number of nitrogens with one attached hydrogen (secondary N) is 1. The van der Waals surface area contributed by atoms with Crippen LogP contribution >= 0.6 is 0 Å². The van der Waals surface area contributed by atoms with Gasteiger partial charge in [-0.1, -0.05) is 0 Å². The summed E-state index contributed by atoms with van der Waals surface area (Å²) < 4.78 is 42.1. The van der Waals surface area contributed by atoms with Crippen molar-refractivity contribution in [1.82, 2.24) is 15.2 Å². The zero-order chi connectivity index (χ0) is 20.6. The molecular weight excluding hydrogens is 385 g/mol. The molecule has 1 unspecified atom stereocenters. The van der Waals surface area contributed by atoms with Gasteiger partial charge in [-0.15, -0.1) is 0 Å². The third-order valence-corrected chi connectivity index (χ3v) is 6.19. The highest BCUT2D eigenvalue weighted by atomic mass is 19.3. The van der Waals surface area contributed by atoms with Gasteiger partial charge in [0.25, 0.3) is 5.92 Å².